The minimum Gasteiger partial charge on any atom is -0.321 e. The Labute approximate surface area is 300 Å². The molecule has 5 aromatic rings. The number of nitrogens with one attached hydrogen (secondary N) is 3. The molecular formula is C41H35N5O4S. The Kier molecular flexibility index (Phi) is 11.1. The molecule has 0 fully saturated rings. The van der Waals surface area contributed by atoms with Gasteiger partial charge in [0.15, 0.2) is 0 Å². The maximum atomic E-state index is 13.7. The number of hydrogen-bond donors (Lipinski definition) is 3. The number of nitrogens with zero attached hydrogens (tertiary/aromatic N) is 2. The normalized spacial score (nSPS) is 13.3. The number of amidine groups is 1. The number of hydrazone groups is 1. The molecule has 5 aromatic carbocycles. The van der Waals surface area contributed by atoms with Gasteiger partial charge in [0.1, 0.15) is 11.5 Å². The minimum atomic E-state index is -0.509. The summed E-state index contributed by atoms with van der Waals surface area (Å²) < 4.78 is 0. The van der Waals surface area contributed by atoms with Crippen molar-refractivity contribution in [2.45, 2.75) is 29.9 Å². The highest BCUT2D eigenvalue weighted by Gasteiger charge is 2.28. The maximum Gasteiger partial charge on any atom is 0.272 e. The van der Waals surface area contributed by atoms with Gasteiger partial charge in [0.25, 0.3) is 17.7 Å². The van der Waals surface area contributed by atoms with Crippen LogP contribution in [0, 0.1) is 0 Å². The highest BCUT2D eigenvalue weighted by Crippen LogP contribution is 2.29. The predicted molar refractivity (Wildman–Crippen MR) is 203 cm³/mol. The molecule has 1 aliphatic heterocycles. The highest BCUT2D eigenvalue weighted by molar-refractivity contribution is 8.00. The third-order valence-corrected chi connectivity index (χ3v) is 9.29. The van der Waals surface area contributed by atoms with Crippen LogP contribution in [-0.2, 0) is 14.4 Å². The molecule has 1 unspecified atom stereocenters. The number of thioether (sulfide) groups is 1. The summed E-state index contributed by atoms with van der Waals surface area (Å²) in [6.45, 7) is 1.90. The Morgan fingerprint density at radius 1 is 0.784 bits per heavy atom. The SMILES string of the molecule is CCC(Sc1cccc(NC(=O)/C(=C\c2ccc(-c3ccccc3)cc2)NC(=O)c2ccccc2)c1)C(=O)NC1=NN(c2ccccc2)C(=O)C1. The predicted octanol–water partition coefficient (Wildman–Crippen LogP) is 7.50. The number of carbonyl (C=O) groups excluding carboxylic acids is 4. The summed E-state index contributed by atoms with van der Waals surface area (Å²) in [5, 5.41) is 13.6. The van der Waals surface area contributed by atoms with E-state index in [2.05, 4.69) is 21.1 Å². The van der Waals surface area contributed by atoms with Crippen molar-refractivity contribution in [3.63, 3.8) is 0 Å². The molecule has 3 N–H and O–H groups in total. The summed E-state index contributed by atoms with van der Waals surface area (Å²) in [7, 11) is 0. The van der Waals surface area contributed by atoms with E-state index >= 15 is 0 Å². The minimum absolute atomic E-state index is 0.00289. The quantitative estimate of drug-likeness (QED) is 0.0978. The van der Waals surface area contributed by atoms with Crippen LogP contribution < -0.4 is 21.0 Å². The first kappa shape index (κ1) is 34.6. The van der Waals surface area contributed by atoms with Gasteiger partial charge in [-0.2, -0.15) is 10.1 Å². The summed E-state index contributed by atoms with van der Waals surface area (Å²) in [5.74, 6) is -1.13. The molecule has 254 valence electrons. The molecule has 0 bridgehead atoms. The van der Waals surface area contributed by atoms with Gasteiger partial charge < -0.3 is 16.0 Å². The van der Waals surface area contributed by atoms with Crippen LogP contribution >= 0.6 is 11.8 Å². The largest absolute Gasteiger partial charge is 0.321 e. The van der Waals surface area contributed by atoms with E-state index < -0.39 is 17.1 Å². The molecule has 1 atom stereocenters. The Balaban J connectivity index is 1.15. The fourth-order valence-corrected chi connectivity index (χ4v) is 6.35. The zero-order valence-electron chi connectivity index (χ0n) is 27.8. The molecule has 0 spiro atoms. The van der Waals surface area contributed by atoms with Crippen molar-refractivity contribution in [1.29, 1.82) is 0 Å². The van der Waals surface area contributed by atoms with E-state index in [-0.39, 0.29) is 23.9 Å². The van der Waals surface area contributed by atoms with Crippen molar-refractivity contribution in [3.05, 3.63) is 156 Å². The van der Waals surface area contributed by atoms with Gasteiger partial charge in [-0.3, -0.25) is 19.2 Å². The van der Waals surface area contributed by atoms with E-state index in [4.69, 9.17) is 0 Å². The lowest BCUT2D eigenvalue weighted by atomic mass is 10.0. The second-order valence-corrected chi connectivity index (χ2v) is 12.9. The van der Waals surface area contributed by atoms with Gasteiger partial charge >= 0.3 is 0 Å². The van der Waals surface area contributed by atoms with Crippen LogP contribution in [-0.4, -0.2) is 34.7 Å². The first-order valence-corrected chi connectivity index (χ1v) is 17.3. The third-order valence-electron chi connectivity index (χ3n) is 7.93. The van der Waals surface area contributed by atoms with Crippen molar-refractivity contribution in [1.82, 2.24) is 10.6 Å². The van der Waals surface area contributed by atoms with Gasteiger partial charge in [0, 0.05) is 16.1 Å². The number of anilines is 2. The van der Waals surface area contributed by atoms with E-state index in [9.17, 15) is 19.2 Å². The monoisotopic (exact) mass is 693 g/mol. The Hall–Kier alpha value is -6.26. The van der Waals surface area contributed by atoms with Crippen LogP contribution in [0.25, 0.3) is 17.2 Å². The molecule has 4 amide bonds. The van der Waals surface area contributed by atoms with Gasteiger partial charge in [-0.25, -0.2) is 0 Å². The molecule has 51 heavy (non-hydrogen) atoms. The number of rotatable bonds is 11. The first-order chi connectivity index (χ1) is 24.9. The van der Waals surface area contributed by atoms with E-state index in [0.717, 1.165) is 21.6 Å². The van der Waals surface area contributed by atoms with Crippen molar-refractivity contribution in [3.8, 4) is 11.1 Å². The van der Waals surface area contributed by atoms with E-state index in [0.29, 0.717) is 29.2 Å². The second-order valence-electron chi connectivity index (χ2n) is 11.6. The van der Waals surface area contributed by atoms with Crippen LogP contribution in [0.15, 0.2) is 155 Å². The zero-order chi connectivity index (χ0) is 35.6. The van der Waals surface area contributed by atoms with Gasteiger partial charge in [0.2, 0.25) is 5.91 Å². The number of para-hydroxylation sites is 1. The second kappa shape index (κ2) is 16.4. The molecule has 10 heteroatoms. The van der Waals surface area contributed by atoms with Crippen LogP contribution in [0.5, 0.6) is 0 Å². The van der Waals surface area contributed by atoms with Crippen molar-refractivity contribution >= 4 is 58.7 Å². The van der Waals surface area contributed by atoms with Crippen molar-refractivity contribution in [2.24, 2.45) is 5.10 Å². The average molecular weight is 694 g/mol. The zero-order valence-corrected chi connectivity index (χ0v) is 28.6. The molecule has 0 aromatic heterocycles. The number of carbonyl (C=O) groups is 4. The lowest BCUT2D eigenvalue weighted by molar-refractivity contribution is -0.119. The summed E-state index contributed by atoms with van der Waals surface area (Å²) >= 11 is 1.34. The lowest BCUT2D eigenvalue weighted by Gasteiger charge is -2.15. The van der Waals surface area contributed by atoms with E-state index in [1.165, 1.54) is 16.8 Å². The summed E-state index contributed by atoms with van der Waals surface area (Å²) in [5.41, 5.74) is 4.43. The molecule has 0 aliphatic carbocycles. The topological polar surface area (TPSA) is 120 Å². The Morgan fingerprint density at radius 3 is 2.12 bits per heavy atom. The van der Waals surface area contributed by atoms with E-state index in [1.54, 1.807) is 60.7 Å². The number of hydrogen-bond acceptors (Lipinski definition) is 6. The molecule has 9 nitrogen and oxygen atoms in total. The first-order valence-electron chi connectivity index (χ1n) is 16.4. The van der Waals surface area contributed by atoms with Gasteiger partial charge in [-0.1, -0.05) is 104 Å². The summed E-state index contributed by atoms with van der Waals surface area (Å²) in [4.78, 5) is 53.4. The van der Waals surface area contributed by atoms with Crippen molar-refractivity contribution < 1.29 is 19.2 Å². The summed E-state index contributed by atoms with van der Waals surface area (Å²) in [6, 6.07) is 42.6. The Morgan fingerprint density at radius 2 is 1.43 bits per heavy atom. The van der Waals surface area contributed by atoms with Crippen molar-refractivity contribution in [2.75, 3.05) is 10.3 Å². The average Bonchev–Trinajstić information content (AvgIpc) is 3.54. The van der Waals surface area contributed by atoms with E-state index in [1.807, 2.05) is 91.9 Å². The lowest BCUT2D eigenvalue weighted by Crippen LogP contribution is -2.36. The number of benzene rings is 5. The maximum absolute atomic E-state index is 13.7. The molecular weight excluding hydrogens is 659 g/mol. The van der Waals surface area contributed by atoms with Crippen LogP contribution in [0.3, 0.4) is 0 Å². The van der Waals surface area contributed by atoms with Crippen LogP contribution in [0.2, 0.25) is 0 Å². The van der Waals surface area contributed by atoms with Gasteiger partial charge in [-0.15, -0.1) is 11.8 Å². The third kappa shape index (κ3) is 9.05. The van der Waals surface area contributed by atoms with Gasteiger partial charge in [-0.05, 0) is 71.7 Å². The molecule has 6 rings (SSSR count). The molecule has 1 aliphatic rings. The molecule has 1 heterocycles. The van der Waals surface area contributed by atoms with Crippen LogP contribution in [0.4, 0.5) is 11.4 Å². The van der Waals surface area contributed by atoms with Gasteiger partial charge in [0.05, 0.1) is 17.4 Å². The summed E-state index contributed by atoms with van der Waals surface area (Å²) in [6.07, 6.45) is 2.14. The highest BCUT2D eigenvalue weighted by atomic mass is 32.2. The number of amides is 4. The molecule has 0 saturated heterocycles. The molecule has 0 radical (unpaired) electrons. The fourth-order valence-electron chi connectivity index (χ4n) is 5.34. The van der Waals surface area contributed by atoms with Crippen LogP contribution in [0.1, 0.15) is 35.7 Å². The molecule has 0 saturated carbocycles. The smallest absolute Gasteiger partial charge is 0.272 e. The fraction of sp³-hybridized carbons (Fsp3) is 0.0976. The standard InChI is InChI=1S/C41H35N5O4S/c1-2-36(41(50)44-37-27-38(47)46(45-37)33-18-10-5-11-19-33)51-34-20-12-17-32(26-34)42-40(49)35(43-39(48)31-15-8-4-9-16-31)25-28-21-23-30(24-22-28)29-13-6-3-7-14-29/h3-26,36H,2,27H2,1H3,(H,42,49)(H,43,48)(H,44,45,50)/b35-25+. The Bertz CT molecular complexity index is 2090.